The van der Waals surface area contributed by atoms with Gasteiger partial charge in [0.2, 0.25) is 10.0 Å². The minimum absolute atomic E-state index is 0.00459. The van der Waals surface area contributed by atoms with Crippen molar-refractivity contribution in [3.8, 4) is 5.75 Å². The highest BCUT2D eigenvalue weighted by Crippen LogP contribution is 2.34. The van der Waals surface area contributed by atoms with E-state index in [1.807, 2.05) is 27.7 Å². The molecule has 0 fully saturated rings. The molecule has 0 saturated heterocycles. The van der Waals surface area contributed by atoms with Gasteiger partial charge in [-0.25, -0.2) is 8.42 Å². The molecule has 0 bridgehead atoms. The van der Waals surface area contributed by atoms with Gasteiger partial charge in [-0.05, 0) is 24.0 Å². The highest BCUT2D eigenvalue weighted by Gasteiger charge is 2.36. The van der Waals surface area contributed by atoms with E-state index >= 15 is 0 Å². The Morgan fingerprint density at radius 3 is 2.33 bits per heavy atom. The van der Waals surface area contributed by atoms with Crippen molar-refractivity contribution in [1.82, 2.24) is 5.32 Å². The number of nitrogens with one attached hydrogen (secondary N) is 1. The maximum absolute atomic E-state index is 12.6. The van der Waals surface area contributed by atoms with Crippen molar-refractivity contribution in [1.29, 1.82) is 0 Å². The van der Waals surface area contributed by atoms with E-state index in [0.29, 0.717) is 11.4 Å². The Hall–Kier alpha value is -1.76. The third-order valence-electron chi connectivity index (χ3n) is 4.17. The van der Waals surface area contributed by atoms with Crippen molar-refractivity contribution in [2.24, 2.45) is 11.8 Å². The number of anilines is 1. The zero-order chi connectivity index (χ0) is 18.1. The summed E-state index contributed by atoms with van der Waals surface area (Å²) in [5, 5.41) is 3.00. The van der Waals surface area contributed by atoms with E-state index in [-0.39, 0.29) is 30.3 Å². The van der Waals surface area contributed by atoms with Crippen LogP contribution in [0.15, 0.2) is 24.3 Å². The van der Waals surface area contributed by atoms with E-state index in [1.54, 1.807) is 24.3 Å². The summed E-state index contributed by atoms with van der Waals surface area (Å²) >= 11 is 0. The molecule has 2 rings (SSSR count). The van der Waals surface area contributed by atoms with Gasteiger partial charge >= 0.3 is 0 Å². The van der Waals surface area contributed by atoms with Crippen molar-refractivity contribution >= 4 is 21.6 Å². The Balaban J connectivity index is 2.25. The monoisotopic (exact) mass is 354 g/mol. The van der Waals surface area contributed by atoms with Crippen LogP contribution in [0.25, 0.3) is 0 Å². The summed E-state index contributed by atoms with van der Waals surface area (Å²) < 4.78 is 31.2. The van der Waals surface area contributed by atoms with Crippen LogP contribution in [-0.2, 0) is 14.8 Å². The largest absolute Gasteiger partial charge is 0.476 e. The zero-order valence-electron chi connectivity index (χ0n) is 14.8. The Kier molecular flexibility index (Phi) is 5.42. The highest BCUT2D eigenvalue weighted by molar-refractivity contribution is 7.92. The van der Waals surface area contributed by atoms with Gasteiger partial charge in [0.05, 0.1) is 18.5 Å². The second-order valence-electron chi connectivity index (χ2n) is 6.89. The molecule has 1 N–H and O–H groups in total. The lowest BCUT2D eigenvalue weighted by atomic mass is 9.93. The summed E-state index contributed by atoms with van der Waals surface area (Å²) in [6.07, 6.45) is 0.268. The fourth-order valence-corrected chi connectivity index (χ4v) is 3.93. The first-order valence-corrected chi connectivity index (χ1v) is 10.00. The van der Waals surface area contributed by atoms with Gasteiger partial charge in [-0.1, -0.05) is 39.8 Å². The molecule has 7 heteroatoms. The Morgan fingerprint density at radius 2 is 1.79 bits per heavy atom. The molecule has 1 heterocycles. The normalized spacial score (nSPS) is 17.8. The molecule has 1 aliphatic heterocycles. The van der Waals surface area contributed by atoms with Crippen LogP contribution in [0, 0.1) is 11.8 Å². The first kappa shape index (κ1) is 18.6. The van der Waals surface area contributed by atoms with E-state index in [1.165, 1.54) is 4.31 Å². The number of rotatable bonds is 5. The fourth-order valence-electron chi connectivity index (χ4n) is 3.01. The SMILES string of the molecule is CC(C)C(NC(=O)[C@H]1CN(S(C)(=O)=O)c2ccccc2O1)C(C)C. The van der Waals surface area contributed by atoms with Crippen molar-refractivity contribution in [2.45, 2.75) is 39.8 Å². The van der Waals surface area contributed by atoms with Gasteiger partial charge in [-0.3, -0.25) is 9.10 Å². The van der Waals surface area contributed by atoms with Crippen molar-refractivity contribution in [3.63, 3.8) is 0 Å². The maximum atomic E-state index is 12.6. The maximum Gasteiger partial charge on any atom is 0.263 e. The molecule has 0 radical (unpaired) electrons. The van der Waals surface area contributed by atoms with Crippen LogP contribution in [0.2, 0.25) is 0 Å². The number of para-hydroxylation sites is 2. The van der Waals surface area contributed by atoms with Crippen LogP contribution < -0.4 is 14.4 Å². The van der Waals surface area contributed by atoms with Crippen molar-refractivity contribution in [2.75, 3.05) is 17.1 Å². The van der Waals surface area contributed by atoms with E-state index < -0.39 is 16.1 Å². The Labute approximate surface area is 144 Å². The molecule has 0 aromatic heterocycles. The van der Waals surface area contributed by atoms with Crippen LogP contribution in [-0.4, -0.2) is 39.3 Å². The van der Waals surface area contributed by atoms with Gasteiger partial charge in [0.15, 0.2) is 6.10 Å². The van der Waals surface area contributed by atoms with Crippen molar-refractivity contribution in [3.05, 3.63) is 24.3 Å². The molecule has 1 amide bonds. The predicted octanol–water partition coefficient (Wildman–Crippen LogP) is 2.01. The van der Waals surface area contributed by atoms with Gasteiger partial charge in [-0.2, -0.15) is 0 Å². The van der Waals surface area contributed by atoms with Crippen LogP contribution >= 0.6 is 0 Å². The molecule has 1 aromatic rings. The van der Waals surface area contributed by atoms with Crippen LogP contribution in [0.5, 0.6) is 5.75 Å². The summed E-state index contributed by atoms with van der Waals surface area (Å²) in [6, 6.07) is 6.86. The first-order chi connectivity index (χ1) is 11.1. The molecule has 0 spiro atoms. The molecule has 0 saturated carbocycles. The summed E-state index contributed by atoms with van der Waals surface area (Å²) in [5.41, 5.74) is 0.466. The summed E-state index contributed by atoms with van der Waals surface area (Å²) in [7, 11) is -3.49. The molecular weight excluding hydrogens is 328 g/mol. The minimum atomic E-state index is -3.49. The van der Waals surface area contributed by atoms with E-state index in [0.717, 1.165) is 6.26 Å². The third kappa shape index (κ3) is 4.01. The Morgan fingerprint density at radius 1 is 1.21 bits per heavy atom. The quantitative estimate of drug-likeness (QED) is 0.878. The van der Waals surface area contributed by atoms with Gasteiger partial charge < -0.3 is 10.1 Å². The number of carbonyl (C=O) groups excluding carboxylic acids is 1. The van der Waals surface area contributed by atoms with E-state index in [9.17, 15) is 13.2 Å². The lowest BCUT2D eigenvalue weighted by Gasteiger charge is -2.35. The standard InChI is InChI=1S/C17H26N2O4S/c1-11(2)16(12(3)4)18-17(20)15-10-19(24(5,21)22)13-8-6-7-9-14(13)23-15/h6-9,11-12,15-16H,10H2,1-5H3,(H,18,20)/t15-/m1/s1. The number of benzene rings is 1. The predicted molar refractivity (Wildman–Crippen MR) is 94.7 cm³/mol. The molecule has 1 aromatic carbocycles. The smallest absolute Gasteiger partial charge is 0.263 e. The number of fused-ring (bicyclic) bond motifs is 1. The number of amides is 1. The lowest BCUT2D eigenvalue weighted by molar-refractivity contribution is -0.129. The average Bonchev–Trinajstić information content (AvgIpc) is 2.49. The zero-order valence-corrected chi connectivity index (χ0v) is 15.6. The van der Waals surface area contributed by atoms with Crippen molar-refractivity contribution < 1.29 is 17.9 Å². The number of ether oxygens (including phenoxy) is 1. The summed E-state index contributed by atoms with van der Waals surface area (Å²) in [6.45, 7) is 8.16. The van der Waals surface area contributed by atoms with E-state index in [4.69, 9.17) is 4.74 Å². The molecule has 1 aliphatic rings. The van der Waals surface area contributed by atoms with Crippen LogP contribution in [0.3, 0.4) is 0 Å². The summed E-state index contributed by atoms with van der Waals surface area (Å²) in [5.74, 6) is 0.664. The van der Waals surface area contributed by atoms with Gasteiger partial charge in [0, 0.05) is 6.04 Å². The van der Waals surface area contributed by atoms with Gasteiger partial charge in [-0.15, -0.1) is 0 Å². The highest BCUT2D eigenvalue weighted by atomic mass is 32.2. The lowest BCUT2D eigenvalue weighted by Crippen LogP contribution is -2.54. The molecule has 134 valence electrons. The number of nitrogens with zero attached hydrogens (tertiary/aromatic N) is 1. The summed E-state index contributed by atoms with van der Waals surface area (Å²) in [4.78, 5) is 12.6. The molecule has 24 heavy (non-hydrogen) atoms. The second kappa shape index (κ2) is 7.01. The Bertz CT molecular complexity index is 692. The molecular formula is C17H26N2O4S. The molecule has 0 unspecified atom stereocenters. The minimum Gasteiger partial charge on any atom is -0.476 e. The van der Waals surface area contributed by atoms with Crippen LogP contribution in [0.1, 0.15) is 27.7 Å². The topological polar surface area (TPSA) is 75.7 Å². The van der Waals surface area contributed by atoms with Crippen LogP contribution in [0.4, 0.5) is 5.69 Å². The molecule has 1 atom stereocenters. The van der Waals surface area contributed by atoms with E-state index in [2.05, 4.69) is 5.32 Å². The average molecular weight is 354 g/mol. The number of carbonyl (C=O) groups is 1. The first-order valence-electron chi connectivity index (χ1n) is 8.15. The van der Waals surface area contributed by atoms with Gasteiger partial charge in [0.1, 0.15) is 5.75 Å². The fraction of sp³-hybridized carbons (Fsp3) is 0.588. The van der Waals surface area contributed by atoms with Gasteiger partial charge in [0.25, 0.3) is 5.91 Å². The molecule has 0 aliphatic carbocycles. The number of hydrogen-bond acceptors (Lipinski definition) is 4. The number of hydrogen-bond donors (Lipinski definition) is 1. The second-order valence-corrected chi connectivity index (χ2v) is 8.80. The molecule has 6 nitrogen and oxygen atoms in total. The number of sulfonamides is 1. The third-order valence-corrected chi connectivity index (χ3v) is 5.32.